The predicted molar refractivity (Wildman–Crippen MR) is 72.4 cm³/mol. The van der Waals surface area contributed by atoms with Gasteiger partial charge in [-0.2, -0.15) is 0 Å². The summed E-state index contributed by atoms with van der Waals surface area (Å²) in [6, 6.07) is 4.40. The second-order valence-corrected chi connectivity index (χ2v) is 5.33. The minimum atomic E-state index is 0.505. The van der Waals surface area contributed by atoms with Crippen LogP contribution in [-0.4, -0.2) is 12.6 Å². The van der Waals surface area contributed by atoms with Crippen LogP contribution in [0.1, 0.15) is 33.5 Å². The molecule has 0 amide bonds. The molecule has 3 heteroatoms. The van der Waals surface area contributed by atoms with Crippen LogP contribution in [0.5, 0.6) is 0 Å². The monoisotopic (exact) mass is 285 g/mol. The van der Waals surface area contributed by atoms with Crippen LogP contribution in [-0.2, 0) is 0 Å². The largest absolute Gasteiger partial charge is 0.450 e. The molecular weight excluding hydrogens is 266 g/mol. The highest BCUT2D eigenvalue weighted by atomic mass is 79.9. The Morgan fingerprint density at radius 2 is 2.06 bits per heavy atom. The Morgan fingerprint density at radius 1 is 1.38 bits per heavy atom. The summed E-state index contributed by atoms with van der Waals surface area (Å²) in [6.07, 6.45) is 2.12. The Bertz CT molecular complexity index is 353. The lowest BCUT2D eigenvalue weighted by molar-refractivity contribution is 0.528. The van der Waals surface area contributed by atoms with Crippen LogP contribution in [0.15, 0.2) is 26.8 Å². The van der Waals surface area contributed by atoms with E-state index in [1.165, 1.54) is 5.57 Å². The van der Waals surface area contributed by atoms with E-state index in [2.05, 4.69) is 55.0 Å². The van der Waals surface area contributed by atoms with Gasteiger partial charge < -0.3 is 9.73 Å². The summed E-state index contributed by atoms with van der Waals surface area (Å²) in [5, 5.41) is 3.43. The van der Waals surface area contributed by atoms with Crippen LogP contribution in [0.25, 0.3) is 6.08 Å². The molecule has 1 rings (SSSR count). The average molecular weight is 286 g/mol. The smallest absolute Gasteiger partial charge is 0.169 e. The van der Waals surface area contributed by atoms with Gasteiger partial charge in [-0.25, -0.2) is 0 Å². The Labute approximate surface area is 106 Å². The van der Waals surface area contributed by atoms with Crippen molar-refractivity contribution in [3.05, 3.63) is 28.1 Å². The number of halogens is 1. The number of hydrogen-bond acceptors (Lipinski definition) is 2. The molecule has 16 heavy (non-hydrogen) atoms. The van der Waals surface area contributed by atoms with E-state index >= 15 is 0 Å². The maximum absolute atomic E-state index is 5.48. The van der Waals surface area contributed by atoms with Crippen molar-refractivity contribution in [3.8, 4) is 0 Å². The van der Waals surface area contributed by atoms with E-state index in [1.54, 1.807) is 0 Å². The molecule has 1 aromatic heterocycles. The molecule has 0 atom stereocenters. The van der Waals surface area contributed by atoms with Gasteiger partial charge in [0.2, 0.25) is 0 Å². The molecule has 0 saturated heterocycles. The number of nitrogens with one attached hydrogen (secondary N) is 1. The van der Waals surface area contributed by atoms with E-state index in [0.29, 0.717) is 12.0 Å². The molecule has 90 valence electrons. The molecule has 0 unspecified atom stereocenters. The Balaban J connectivity index is 2.73. The van der Waals surface area contributed by atoms with E-state index < -0.39 is 0 Å². The summed E-state index contributed by atoms with van der Waals surface area (Å²) in [7, 11) is 0. The van der Waals surface area contributed by atoms with E-state index in [-0.39, 0.29) is 0 Å². The lowest BCUT2D eigenvalue weighted by Crippen LogP contribution is -2.26. The van der Waals surface area contributed by atoms with Crippen LogP contribution in [0, 0.1) is 5.92 Å². The minimum absolute atomic E-state index is 0.505. The topological polar surface area (TPSA) is 25.2 Å². The van der Waals surface area contributed by atoms with E-state index in [9.17, 15) is 0 Å². The van der Waals surface area contributed by atoms with Crippen LogP contribution < -0.4 is 5.32 Å². The third kappa shape index (κ3) is 4.54. The summed E-state index contributed by atoms with van der Waals surface area (Å²) >= 11 is 3.31. The van der Waals surface area contributed by atoms with Crippen molar-refractivity contribution in [2.24, 2.45) is 5.92 Å². The Kier molecular flexibility index (Phi) is 5.29. The molecule has 0 aliphatic carbocycles. The zero-order valence-corrected chi connectivity index (χ0v) is 12.0. The fraction of sp³-hybridized carbons (Fsp3) is 0.538. The first-order chi connectivity index (χ1) is 7.49. The fourth-order valence-corrected chi connectivity index (χ4v) is 1.65. The summed E-state index contributed by atoms with van der Waals surface area (Å²) in [6.45, 7) is 9.62. The van der Waals surface area contributed by atoms with Crippen molar-refractivity contribution in [1.29, 1.82) is 0 Å². The maximum Gasteiger partial charge on any atom is 0.169 e. The highest BCUT2D eigenvalue weighted by Gasteiger charge is 2.06. The van der Waals surface area contributed by atoms with Crippen molar-refractivity contribution in [2.75, 3.05) is 6.54 Å². The molecule has 0 aliphatic heterocycles. The number of furan rings is 1. The summed E-state index contributed by atoms with van der Waals surface area (Å²) in [5.74, 6) is 1.43. The van der Waals surface area contributed by atoms with Gasteiger partial charge in [-0.1, -0.05) is 33.3 Å². The molecule has 0 aromatic carbocycles. The van der Waals surface area contributed by atoms with Crippen molar-refractivity contribution in [1.82, 2.24) is 5.32 Å². The molecular formula is C13H20BrNO. The van der Waals surface area contributed by atoms with Crippen LogP contribution >= 0.6 is 15.9 Å². The molecule has 0 fully saturated rings. The van der Waals surface area contributed by atoms with Gasteiger partial charge in [0.05, 0.1) is 0 Å². The van der Waals surface area contributed by atoms with Gasteiger partial charge in [0.25, 0.3) is 0 Å². The van der Waals surface area contributed by atoms with Crippen molar-refractivity contribution < 1.29 is 4.42 Å². The molecule has 1 heterocycles. The molecule has 2 nitrogen and oxygen atoms in total. The molecule has 1 N–H and O–H groups in total. The maximum atomic E-state index is 5.48. The Hall–Kier alpha value is -0.540. The number of hydrogen-bond donors (Lipinski definition) is 1. The van der Waals surface area contributed by atoms with E-state index in [4.69, 9.17) is 4.42 Å². The summed E-state index contributed by atoms with van der Waals surface area (Å²) in [5.41, 5.74) is 1.36. The molecule has 0 bridgehead atoms. The van der Waals surface area contributed by atoms with Gasteiger partial charge in [0, 0.05) is 12.6 Å². The lowest BCUT2D eigenvalue weighted by atomic mass is 10.0. The van der Waals surface area contributed by atoms with Gasteiger partial charge in [-0.05, 0) is 40.1 Å². The standard InChI is InChI=1S/C13H20BrNO/c1-9(2)11(8-15-10(3)4)7-12-5-6-13(14)16-12/h5-7,9-10,15H,8H2,1-4H3. The average Bonchev–Trinajstić information content (AvgIpc) is 2.57. The van der Waals surface area contributed by atoms with Gasteiger partial charge >= 0.3 is 0 Å². The predicted octanol–water partition coefficient (Wildman–Crippen LogP) is 4.08. The summed E-state index contributed by atoms with van der Waals surface area (Å²) in [4.78, 5) is 0. The second kappa shape index (κ2) is 6.26. The first-order valence-electron chi connectivity index (χ1n) is 5.68. The zero-order chi connectivity index (χ0) is 12.1. The first-order valence-corrected chi connectivity index (χ1v) is 6.47. The molecule has 0 saturated carbocycles. The fourth-order valence-electron chi connectivity index (χ4n) is 1.33. The van der Waals surface area contributed by atoms with Gasteiger partial charge in [0.15, 0.2) is 4.67 Å². The number of rotatable bonds is 5. The highest BCUT2D eigenvalue weighted by molar-refractivity contribution is 9.10. The third-order valence-electron chi connectivity index (χ3n) is 2.38. The molecule has 0 spiro atoms. The minimum Gasteiger partial charge on any atom is -0.450 e. The molecule has 1 aromatic rings. The van der Waals surface area contributed by atoms with Crippen LogP contribution in [0.2, 0.25) is 0 Å². The zero-order valence-electron chi connectivity index (χ0n) is 10.4. The van der Waals surface area contributed by atoms with Crippen LogP contribution in [0.4, 0.5) is 0 Å². The normalized spacial score (nSPS) is 12.8. The van der Waals surface area contributed by atoms with Crippen molar-refractivity contribution in [2.45, 2.75) is 33.7 Å². The van der Waals surface area contributed by atoms with E-state index in [0.717, 1.165) is 17.0 Å². The first kappa shape index (κ1) is 13.5. The summed E-state index contributed by atoms with van der Waals surface area (Å²) < 4.78 is 6.26. The van der Waals surface area contributed by atoms with Gasteiger partial charge in [-0.3, -0.25) is 0 Å². The highest BCUT2D eigenvalue weighted by Crippen LogP contribution is 2.19. The second-order valence-electron chi connectivity index (χ2n) is 4.55. The Morgan fingerprint density at radius 3 is 2.50 bits per heavy atom. The van der Waals surface area contributed by atoms with Crippen LogP contribution in [0.3, 0.4) is 0 Å². The SMILES string of the molecule is CC(C)NCC(=Cc1ccc(Br)o1)C(C)C. The van der Waals surface area contributed by atoms with Crippen molar-refractivity contribution in [3.63, 3.8) is 0 Å². The molecule has 0 aliphatic rings. The molecule has 0 radical (unpaired) electrons. The van der Waals surface area contributed by atoms with Gasteiger partial charge in [-0.15, -0.1) is 0 Å². The third-order valence-corrected chi connectivity index (χ3v) is 2.80. The van der Waals surface area contributed by atoms with E-state index in [1.807, 2.05) is 12.1 Å². The van der Waals surface area contributed by atoms with Gasteiger partial charge in [0.1, 0.15) is 5.76 Å². The lowest BCUT2D eigenvalue weighted by Gasteiger charge is -2.14. The van der Waals surface area contributed by atoms with Crippen molar-refractivity contribution >= 4 is 22.0 Å². The quantitative estimate of drug-likeness (QED) is 0.882.